The minimum Gasteiger partial charge on any atom is -0.354 e. The molecule has 7 heteroatoms. The largest absolute Gasteiger partial charge is 0.354 e. The zero-order valence-electron chi connectivity index (χ0n) is 13.2. The molecule has 0 spiro atoms. The molecule has 1 unspecified atom stereocenters. The third-order valence-corrected chi connectivity index (χ3v) is 4.85. The quantitative estimate of drug-likeness (QED) is 0.786. The van der Waals surface area contributed by atoms with E-state index < -0.39 is 10.0 Å². The number of hydrogen-bond donors (Lipinski definition) is 1. The molecule has 0 saturated heterocycles. The smallest absolute Gasteiger partial charge is 0.221 e. The van der Waals surface area contributed by atoms with Gasteiger partial charge >= 0.3 is 0 Å². The summed E-state index contributed by atoms with van der Waals surface area (Å²) in [5.41, 5.74) is 0.831. The maximum absolute atomic E-state index is 11.9. The van der Waals surface area contributed by atoms with E-state index in [1.807, 2.05) is 13.8 Å². The summed E-state index contributed by atoms with van der Waals surface area (Å²) in [7, 11) is -3.38. The van der Waals surface area contributed by atoms with Gasteiger partial charge in [-0.2, -0.15) is 4.31 Å². The van der Waals surface area contributed by atoms with Crippen molar-refractivity contribution in [1.29, 1.82) is 0 Å². The number of nitrogens with one attached hydrogen (secondary N) is 1. The molecule has 0 aliphatic rings. The molecule has 1 N–H and O–H groups in total. The van der Waals surface area contributed by atoms with Gasteiger partial charge in [0.25, 0.3) is 0 Å². The maximum atomic E-state index is 11.9. The highest BCUT2D eigenvalue weighted by Crippen LogP contribution is 2.13. The van der Waals surface area contributed by atoms with Gasteiger partial charge in [0.1, 0.15) is 0 Å². The van der Waals surface area contributed by atoms with E-state index >= 15 is 0 Å². The van der Waals surface area contributed by atoms with E-state index in [9.17, 15) is 13.2 Å². The van der Waals surface area contributed by atoms with E-state index in [-0.39, 0.29) is 31.5 Å². The molecule has 22 heavy (non-hydrogen) atoms. The number of rotatable bonds is 8. The molecule has 5 nitrogen and oxygen atoms in total. The van der Waals surface area contributed by atoms with Crippen molar-refractivity contribution in [3.05, 3.63) is 34.9 Å². The molecule has 1 rings (SSSR count). The highest BCUT2D eigenvalue weighted by Gasteiger charge is 2.18. The van der Waals surface area contributed by atoms with E-state index in [2.05, 4.69) is 5.32 Å². The highest BCUT2D eigenvalue weighted by molar-refractivity contribution is 7.88. The van der Waals surface area contributed by atoms with Crippen molar-refractivity contribution >= 4 is 27.5 Å². The summed E-state index contributed by atoms with van der Waals surface area (Å²) in [4.78, 5) is 11.8. The van der Waals surface area contributed by atoms with Gasteiger partial charge in [0.05, 0.1) is 6.26 Å². The molecule has 1 aromatic carbocycles. The zero-order chi connectivity index (χ0) is 16.8. The number of carbonyl (C=O) groups is 1. The standard InChI is InChI=1S/C15H23ClN2O3S/c1-4-12(2)17-15(19)9-10-18(22(3,20)21)11-13-5-7-14(16)8-6-13/h5-8,12H,4,9-11H2,1-3H3,(H,17,19). The third-order valence-electron chi connectivity index (χ3n) is 3.35. The molecule has 0 fully saturated rings. The van der Waals surface area contributed by atoms with Crippen LogP contribution in [0.3, 0.4) is 0 Å². The van der Waals surface area contributed by atoms with Crippen molar-refractivity contribution in [3.63, 3.8) is 0 Å². The van der Waals surface area contributed by atoms with Gasteiger partial charge in [-0.25, -0.2) is 8.42 Å². The Hall–Kier alpha value is -1.11. The van der Waals surface area contributed by atoms with Gasteiger partial charge in [-0.3, -0.25) is 4.79 Å². The fourth-order valence-corrected chi connectivity index (χ4v) is 2.76. The van der Waals surface area contributed by atoms with Gasteiger partial charge in [0.2, 0.25) is 15.9 Å². The van der Waals surface area contributed by atoms with Crippen molar-refractivity contribution in [2.75, 3.05) is 12.8 Å². The van der Waals surface area contributed by atoms with Gasteiger partial charge in [0, 0.05) is 30.6 Å². The fraction of sp³-hybridized carbons (Fsp3) is 0.533. The molecular weight excluding hydrogens is 324 g/mol. The number of halogens is 1. The van der Waals surface area contributed by atoms with E-state index in [1.165, 1.54) is 4.31 Å². The second-order valence-corrected chi connectivity index (χ2v) is 7.77. The average Bonchev–Trinajstić information content (AvgIpc) is 2.44. The highest BCUT2D eigenvalue weighted by atomic mass is 35.5. The van der Waals surface area contributed by atoms with Crippen molar-refractivity contribution in [1.82, 2.24) is 9.62 Å². The summed E-state index contributed by atoms with van der Waals surface area (Å²) < 4.78 is 25.0. The lowest BCUT2D eigenvalue weighted by Crippen LogP contribution is -2.37. The lowest BCUT2D eigenvalue weighted by Gasteiger charge is -2.20. The SMILES string of the molecule is CCC(C)NC(=O)CCN(Cc1ccc(Cl)cc1)S(C)(=O)=O. The number of sulfonamides is 1. The fourth-order valence-electron chi connectivity index (χ4n) is 1.83. The van der Waals surface area contributed by atoms with Crippen molar-refractivity contribution in [2.24, 2.45) is 0 Å². The van der Waals surface area contributed by atoms with E-state index in [4.69, 9.17) is 11.6 Å². The molecule has 124 valence electrons. The third kappa shape index (κ3) is 6.77. The second-order valence-electron chi connectivity index (χ2n) is 5.35. The van der Waals surface area contributed by atoms with Crippen LogP contribution in [0.4, 0.5) is 0 Å². The molecule has 1 atom stereocenters. The first-order valence-electron chi connectivity index (χ1n) is 7.21. The van der Waals surface area contributed by atoms with Crippen LogP contribution in [0.5, 0.6) is 0 Å². The lowest BCUT2D eigenvalue weighted by atomic mass is 10.2. The lowest BCUT2D eigenvalue weighted by molar-refractivity contribution is -0.121. The molecule has 0 saturated carbocycles. The first-order chi connectivity index (χ1) is 10.2. The maximum Gasteiger partial charge on any atom is 0.221 e. The van der Waals surface area contributed by atoms with Crippen LogP contribution in [-0.2, 0) is 21.4 Å². The Morgan fingerprint density at radius 2 is 1.91 bits per heavy atom. The first-order valence-corrected chi connectivity index (χ1v) is 9.44. The van der Waals surface area contributed by atoms with Crippen molar-refractivity contribution < 1.29 is 13.2 Å². The Morgan fingerprint density at radius 3 is 2.41 bits per heavy atom. The Balaban J connectivity index is 2.66. The first kappa shape index (κ1) is 18.9. The van der Waals surface area contributed by atoms with Gasteiger partial charge in [0.15, 0.2) is 0 Å². The second kappa shape index (κ2) is 8.50. The minimum absolute atomic E-state index is 0.0930. The molecule has 0 aromatic heterocycles. The van der Waals surface area contributed by atoms with E-state index in [0.29, 0.717) is 5.02 Å². The van der Waals surface area contributed by atoms with Crippen molar-refractivity contribution in [3.8, 4) is 0 Å². The number of nitrogens with zero attached hydrogens (tertiary/aromatic N) is 1. The number of amides is 1. The topological polar surface area (TPSA) is 66.5 Å². The van der Waals surface area contributed by atoms with E-state index in [1.54, 1.807) is 24.3 Å². The van der Waals surface area contributed by atoms with Crippen molar-refractivity contribution in [2.45, 2.75) is 39.3 Å². The predicted octanol–water partition coefficient (Wildman–Crippen LogP) is 2.41. The molecule has 1 amide bonds. The van der Waals surface area contributed by atoms with E-state index in [0.717, 1.165) is 18.2 Å². The average molecular weight is 347 g/mol. The van der Waals surface area contributed by atoms with Gasteiger partial charge < -0.3 is 5.32 Å². The van der Waals surface area contributed by atoms with Crippen LogP contribution in [0.25, 0.3) is 0 Å². The van der Waals surface area contributed by atoms with Crippen LogP contribution in [-0.4, -0.2) is 37.5 Å². The normalized spacial score (nSPS) is 13.1. The minimum atomic E-state index is -3.38. The van der Waals surface area contributed by atoms with Gasteiger partial charge in [-0.05, 0) is 31.0 Å². The molecule has 0 radical (unpaired) electrons. The Bertz CT molecular complexity index is 587. The summed E-state index contributed by atoms with van der Waals surface area (Å²) in [5, 5.41) is 3.43. The van der Waals surface area contributed by atoms with Crippen LogP contribution in [0.15, 0.2) is 24.3 Å². The number of carbonyl (C=O) groups excluding carboxylic acids is 1. The molecule has 1 aromatic rings. The van der Waals surface area contributed by atoms with Gasteiger partial charge in [-0.15, -0.1) is 0 Å². The van der Waals surface area contributed by atoms with Crippen LogP contribution in [0.2, 0.25) is 5.02 Å². The molecule has 0 heterocycles. The molecule has 0 aliphatic carbocycles. The van der Waals surface area contributed by atoms with Gasteiger partial charge in [-0.1, -0.05) is 30.7 Å². The number of benzene rings is 1. The van der Waals surface area contributed by atoms with Crippen LogP contribution < -0.4 is 5.32 Å². The Labute approximate surface area is 137 Å². The number of hydrogen-bond acceptors (Lipinski definition) is 3. The Kier molecular flexibility index (Phi) is 7.32. The molecular formula is C15H23ClN2O3S. The molecule has 0 bridgehead atoms. The summed E-state index contributed by atoms with van der Waals surface area (Å²) in [6, 6.07) is 7.08. The summed E-state index contributed by atoms with van der Waals surface area (Å²) in [6.45, 7) is 4.28. The van der Waals surface area contributed by atoms with Crippen LogP contribution in [0, 0.1) is 0 Å². The summed E-state index contributed by atoms with van der Waals surface area (Å²) in [6.07, 6.45) is 2.13. The van der Waals surface area contributed by atoms with Crippen LogP contribution >= 0.6 is 11.6 Å². The predicted molar refractivity (Wildman–Crippen MR) is 89.2 cm³/mol. The summed E-state index contributed by atoms with van der Waals surface area (Å²) in [5.74, 6) is -0.140. The zero-order valence-corrected chi connectivity index (χ0v) is 14.7. The molecule has 0 aliphatic heterocycles. The Morgan fingerprint density at radius 1 is 1.32 bits per heavy atom. The monoisotopic (exact) mass is 346 g/mol. The summed E-state index contributed by atoms with van der Waals surface area (Å²) >= 11 is 5.82. The van der Waals surface area contributed by atoms with Crippen LogP contribution in [0.1, 0.15) is 32.3 Å².